The predicted octanol–water partition coefficient (Wildman–Crippen LogP) is 0.955. The van der Waals surface area contributed by atoms with Crippen molar-refractivity contribution in [2.45, 2.75) is 18.6 Å². The van der Waals surface area contributed by atoms with Crippen LogP contribution < -0.4 is 5.73 Å². The fraction of sp³-hybridized carbons (Fsp3) is 0.364. The van der Waals surface area contributed by atoms with Crippen LogP contribution in [0.15, 0.2) is 18.2 Å². The Morgan fingerprint density at radius 3 is 2.69 bits per heavy atom. The van der Waals surface area contributed by atoms with Crippen LogP contribution in [-0.4, -0.2) is 22.9 Å². The van der Waals surface area contributed by atoms with Gasteiger partial charge in [-0.05, 0) is 25.1 Å². The Balaban J connectivity index is 2.99. The third-order valence-electron chi connectivity index (χ3n) is 2.28. The lowest BCUT2D eigenvalue weighted by Crippen LogP contribution is -2.22. The van der Waals surface area contributed by atoms with Gasteiger partial charge in [0.2, 0.25) is 0 Å². The Morgan fingerprint density at radius 1 is 1.44 bits per heavy atom. The summed E-state index contributed by atoms with van der Waals surface area (Å²) in [6.45, 7) is 0.272. The molecule has 1 aromatic rings. The number of halogens is 1. The summed E-state index contributed by atoms with van der Waals surface area (Å²) >= 11 is 5.73. The van der Waals surface area contributed by atoms with Crippen molar-refractivity contribution >= 4 is 11.6 Å². The molecule has 5 heteroatoms. The molecule has 0 aliphatic carbocycles. The summed E-state index contributed by atoms with van der Waals surface area (Å²) in [6.07, 6.45) is -1.82. The first-order chi connectivity index (χ1) is 7.60. The highest BCUT2D eigenvalue weighted by Crippen LogP contribution is 2.24. The van der Waals surface area contributed by atoms with Crippen LogP contribution in [0, 0.1) is 11.3 Å². The molecule has 0 aliphatic heterocycles. The molecule has 0 bridgehead atoms. The van der Waals surface area contributed by atoms with E-state index in [-0.39, 0.29) is 18.5 Å². The first-order valence-corrected chi connectivity index (χ1v) is 5.23. The standard InChI is InChI=1S/C11H13ClN2O2/c12-8-1-2-9(7(5-8)6-14)11(16)10(15)3-4-13/h1-2,5,10-11,15-16H,3-4,13H2. The molecular weight excluding hydrogens is 228 g/mol. The molecular formula is C11H13ClN2O2. The largest absolute Gasteiger partial charge is 0.390 e. The lowest BCUT2D eigenvalue weighted by Gasteiger charge is -2.18. The van der Waals surface area contributed by atoms with Gasteiger partial charge >= 0.3 is 0 Å². The van der Waals surface area contributed by atoms with Crippen LogP contribution in [0.25, 0.3) is 0 Å². The van der Waals surface area contributed by atoms with Gasteiger partial charge in [0.25, 0.3) is 0 Å². The van der Waals surface area contributed by atoms with E-state index in [0.717, 1.165) is 0 Å². The molecule has 0 spiro atoms. The Labute approximate surface area is 98.9 Å². The number of rotatable bonds is 4. The van der Waals surface area contributed by atoms with E-state index in [1.54, 1.807) is 6.07 Å². The van der Waals surface area contributed by atoms with E-state index in [0.29, 0.717) is 10.6 Å². The Bertz CT molecular complexity index is 403. The molecule has 0 aliphatic rings. The lowest BCUT2D eigenvalue weighted by atomic mass is 9.98. The molecule has 0 heterocycles. The van der Waals surface area contributed by atoms with E-state index in [1.807, 2.05) is 6.07 Å². The van der Waals surface area contributed by atoms with Gasteiger partial charge < -0.3 is 15.9 Å². The fourth-order valence-electron chi connectivity index (χ4n) is 1.42. The second-order valence-electron chi connectivity index (χ2n) is 3.43. The summed E-state index contributed by atoms with van der Waals surface area (Å²) in [5.74, 6) is 0. The molecule has 0 amide bonds. The molecule has 86 valence electrons. The fourth-order valence-corrected chi connectivity index (χ4v) is 1.59. The van der Waals surface area contributed by atoms with Crippen molar-refractivity contribution in [3.63, 3.8) is 0 Å². The smallest absolute Gasteiger partial charge is 0.106 e. The molecule has 4 N–H and O–H groups in total. The first-order valence-electron chi connectivity index (χ1n) is 4.86. The number of benzene rings is 1. The van der Waals surface area contributed by atoms with Crippen molar-refractivity contribution < 1.29 is 10.2 Å². The molecule has 2 atom stereocenters. The normalized spacial score (nSPS) is 14.2. The van der Waals surface area contributed by atoms with Crippen molar-refractivity contribution in [3.05, 3.63) is 34.3 Å². The van der Waals surface area contributed by atoms with Gasteiger partial charge in [0.15, 0.2) is 0 Å². The van der Waals surface area contributed by atoms with Crippen LogP contribution in [0.5, 0.6) is 0 Å². The molecule has 1 aromatic carbocycles. The van der Waals surface area contributed by atoms with Gasteiger partial charge in [-0.25, -0.2) is 0 Å². The van der Waals surface area contributed by atoms with E-state index in [9.17, 15) is 10.2 Å². The Kier molecular flexibility index (Phi) is 4.71. The number of aliphatic hydroxyl groups excluding tert-OH is 2. The van der Waals surface area contributed by atoms with Crippen LogP contribution in [0.1, 0.15) is 23.7 Å². The van der Waals surface area contributed by atoms with Crippen LogP contribution in [0.3, 0.4) is 0 Å². The van der Waals surface area contributed by atoms with Crippen molar-refractivity contribution in [1.29, 1.82) is 5.26 Å². The third kappa shape index (κ3) is 2.94. The zero-order chi connectivity index (χ0) is 12.1. The molecule has 0 aromatic heterocycles. The minimum Gasteiger partial charge on any atom is -0.390 e. The number of nitrogens with zero attached hydrogens (tertiary/aromatic N) is 1. The average molecular weight is 241 g/mol. The highest BCUT2D eigenvalue weighted by molar-refractivity contribution is 6.30. The quantitative estimate of drug-likeness (QED) is 0.731. The summed E-state index contributed by atoms with van der Waals surface area (Å²) in [5.41, 5.74) is 5.91. The molecule has 0 saturated heterocycles. The van der Waals surface area contributed by atoms with E-state index >= 15 is 0 Å². The van der Waals surface area contributed by atoms with Crippen molar-refractivity contribution in [2.75, 3.05) is 6.54 Å². The van der Waals surface area contributed by atoms with E-state index in [2.05, 4.69) is 0 Å². The molecule has 4 nitrogen and oxygen atoms in total. The van der Waals surface area contributed by atoms with E-state index in [1.165, 1.54) is 12.1 Å². The van der Waals surface area contributed by atoms with Gasteiger partial charge in [-0.15, -0.1) is 0 Å². The second kappa shape index (κ2) is 5.83. The second-order valence-corrected chi connectivity index (χ2v) is 3.87. The van der Waals surface area contributed by atoms with Crippen LogP contribution >= 0.6 is 11.6 Å². The van der Waals surface area contributed by atoms with Crippen molar-refractivity contribution in [2.24, 2.45) is 5.73 Å². The monoisotopic (exact) mass is 240 g/mol. The number of nitriles is 1. The van der Waals surface area contributed by atoms with Gasteiger partial charge in [0.1, 0.15) is 6.10 Å². The van der Waals surface area contributed by atoms with Gasteiger partial charge in [-0.2, -0.15) is 5.26 Å². The number of hydrogen-bond acceptors (Lipinski definition) is 4. The van der Waals surface area contributed by atoms with Crippen LogP contribution in [0.4, 0.5) is 0 Å². The summed E-state index contributed by atoms with van der Waals surface area (Å²) in [6, 6.07) is 6.48. The maximum Gasteiger partial charge on any atom is 0.106 e. The lowest BCUT2D eigenvalue weighted by molar-refractivity contribution is 0.0149. The molecule has 1 rings (SSSR count). The topological polar surface area (TPSA) is 90.3 Å². The Morgan fingerprint density at radius 2 is 2.12 bits per heavy atom. The molecule has 0 fully saturated rings. The van der Waals surface area contributed by atoms with Gasteiger partial charge in [-0.1, -0.05) is 17.7 Å². The molecule has 0 radical (unpaired) electrons. The molecule has 0 saturated carbocycles. The maximum atomic E-state index is 9.82. The predicted molar refractivity (Wildman–Crippen MR) is 60.8 cm³/mol. The number of nitrogens with two attached hydrogens (primary N) is 1. The summed E-state index contributed by atoms with van der Waals surface area (Å²) in [5, 5.41) is 28.7. The highest BCUT2D eigenvalue weighted by atomic mass is 35.5. The average Bonchev–Trinajstić information content (AvgIpc) is 2.28. The maximum absolute atomic E-state index is 9.82. The van der Waals surface area contributed by atoms with E-state index in [4.69, 9.17) is 22.6 Å². The zero-order valence-corrected chi connectivity index (χ0v) is 9.35. The highest BCUT2D eigenvalue weighted by Gasteiger charge is 2.20. The minimum absolute atomic E-state index is 0.260. The van der Waals surface area contributed by atoms with Gasteiger partial charge in [-0.3, -0.25) is 0 Å². The minimum atomic E-state index is -1.12. The Hall–Kier alpha value is -1.12. The van der Waals surface area contributed by atoms with Crippen molar-refractivity contribution in [1.82, 2.24) is 0 Å². The van der Waals surface area contributed by atoms with Gasteiger partial charge in [0.05, 0.1) is 17.7 Å². The summed E-state index contributed by atoms with van der Waals surface area (Å²) in [7, 11) is 0. The number of hydrogen-bond donors (Lipinski definition) is 3. The SMILES string of the molecule is N#Cc1cc(Cl)ccc1C(O)C(O)CCN. The molecule has 16 heavy (non-hydrogen) atoms. The summed E-state index contributed by atoms with van der Waals surface area (Å²) < 4.78 is 0. The number of aliphatic hydroxyl groups is 2. The van der Waals surface area contributed by atoms with Crippen molar-refractivity contribution in [3.8, 4) is 6.07 Å². The third-order valence-corrected chi connectivity index (χ3v) is 2.52. The van der Waals surface area contributed by atoms with Crippen LogP contribution in [-0.2, 0) is 0 Å². The zero-order valence-electron chi connectivity index (χ0n) is 8.60. The van der Waals surface area contributed by atoms with Gasteiger partial charge in [0, 0.05) is 10.6 Å². The summed E-state index contributed by atoms with van der Waals surface area (Å²) in [4.78, 5) is 0. The molecule has 2 unspecified atom stereocenters. The van der Waals surface area contributed by atoms with Crippen LogP contribution in [0.2, 0.25) is 5.02 Å². The first kappa shape index (κ1) is 12.9. The van der Waals surface area contributed by atoms with E-state index < -0.39 is 12.2 Å².